The van der Waals surface area contributed by atoms with Gasteiger partial charge < -0.3 is 5.32 Å². The number of hydrogen-bond acceptors (Lipinski definition) is 2. The molecule has 1 amide bonds. The molecule has 0 aliphatic carbocycles. The Morgan fingerprint density at radius 1 is 1.00 bits per heavy atom. The highest BCUT2D eigenvalue weighted by Crippen LogP contribution is 2.29. The number of nitrogens with zero attached hydrogens (tertiary/aromatic N) is 2. The first-order chi connectivity index (χ1) is 12.6. The van der Waals surface area contributed by atoms with E-state index in [1.54, 1.807) is 6.33 Å². The Balaban J connectivity index is 1.90. The summed E-state index contributed by atoms with van der Waals surface area (Å²) < 4.78 is 3.02. The van der Waals surface area contributed by atoms with E-state index in [4.69, 9.17) is 0 Å². The number of halogens is 1. The number of aromatic nitrogens is 2. The number of amides is 1. The van der Waals surface area contributed by atoms with Gasteiger partial charge in [0.05, 0.1) is 11.0 Å². The lowest BCUT2D eigenvalue weighted by atomic mass is 10.0. The molecule has 128 valence electrons. The van der Waals surface area contributed by atoms with E-state index in [1.165, 1.54) is 6.92 Å². The Labute approximate surface area is 159 Å². The minimum Gasteiger partial charge on any atom is -0.326 e. The zero-order valence-electron chi connectivity index (χ0n) is 14.1. The molecule has 1 aromatic heterocycles. The summed E-state index contributed by atoms with van der Waals surface area (Å²) in [6, 6.07) is 22.2. The molecular formula is C21H16BrN3O. The van der Waals surface area contributed by atoms with E-state index >= 15 is 0 Å². The van der Waals surface area contributed by atoms with Crippen LogP contribution in [-0.2, 0) is 4.79 Å². The summed E-state index contributed by atoms with van der Waals surface area (Å²) in [4.78, 5) is 16.1. The fourth-order valence-corrected chi connectivity index (χ4v) is 3.36. The number of fused-ring (bicyclic) bond motifs is 1. The molecule has 0 saturated heterocycles. The predicted molar refractivity (Wildman–Crippen MR) is 109 cm³/mol. The number of anilines is 1. The molecule has 4 rings (SSSR count). The highest BCUT2D eigenvalue weighted by atomic mass is 79.9. The fraction of sp³-hybridized carbons (Fsp3) is 0.0476. The molecule has 26 heavy (non-hydrogen) atoms. The van der Waals surface area contributed by atoms with Gasteiger partial charge in [0.1, 0.15) is 6.33 Å². The summed E-state index contributed by atoms with van der Waals surface area (Å²) >= 11 is 3.48. The van der Waals surface area contributed by atoms with Gasteiger partial charge in [0.2, 0.25) is 5.91 Å². The molecule has 1 heterocycles. The first kappa shape index (κ1) is 16.5. The fourth-order valence-electron chi connectivity index (χ4n) is 3.01. The van der Waals surface area contributed by atoms with Gasteiger partial charge in [0.15, 0.2) is 0 Å². The lowest BCUT2D eigenvalue weighted by Gasteiger charge is -2.12. The normalized spacial score (nSPS) is 10.8. The Hall–Kier alpha value is -2.92. The maximum absolute atomic E-state index is 11.6. The third-order valence-electron chi connectivity index (χ3n) is 4.13. The average molecular weight is 406 g/mol. The second-order valence-corrected chi connectivity index (χ2v) is 6.98. The van der Waals surface area contributed by atoms with Crippen LogP contribution in [0.25, 0.3) is 27.8 Å². The highest BCUT2D eigenvalue weighted by Gasteiger charge is 2.09. The van der Waals surface area contributed by atoms with E-state index in [9.17, 15) is 4.79 Å². The number of rotatable bonds is 3. The van der Waals surface area contributed by atoms with Crippen molar-refractivity contribution >= 4 is 38.6 Å². The minimum atomic E-state index is -0.0967. The Bertz CT molecular complexity index is 1100. The van der Waals surface area contributed by atoms with Gasteiger partial charge in [-0.2, -0.15) is 0 Å². The topological polar surface area (TPSA) is 46.9 Å². The van der Waals surface area contributed by atoms with Crippen molar-refractivity contribution < 1.29 is 4.79 Å². The van der Waals surface area contributed by atoms with Crippen molar-refractivity contribution in [2.45, 2.75) is 6.92 Å². The van der Waals surface area contributed by atoms with E-state index in [-0.39, 0.29) is 5.91 Å². The summed E-state index contributed by atoms with van der Waals surface area (Å²) in [6.07, 6.45) is 1.80. The summed E-state index contributed by atoms with van der Waals surface area (Å²) in [7, 11) is 0. The monoisotopic (exact) mass is 405 g/mol. The number of carbonyl (C=O) groups is 1. The molecule has 0 radical (unpaired) electrons. The predicted octanol–water partition coefficient (Wildman–Crippen LogP) is 5.41. The van der Waals surface area contributed by atoms with Crippen LogP contribution in [0.1, 0.15) is 6.92 Å². The van der Waals surface area contributed by atoms with Crippen molar-refractivity contribution in [3.63, 3.8) is 0 Å². The first-order valence-corrected chi connectivity index (χ1v) is 9.00. The number of nitrogens with one attached hydrogen (secondary N) is 1. The van der Waals surface area contributed by atoms with Gasteiger partial charge in [-0.25, -0.2) is 4.98 Å². The third-order valence-corrected chi connectivity index (χ3v) is 4.63. The van der Waals surface area contributed by atoms with Crippen molar-refractivity contribution in [2.24, 2.45) is 0 Å². The molecule has 0 bridgehead atoms. The van der Waals surface area contributed by atoms with E-state index in [0.29, 0.717) is 0 Å². The van der Waals surface area contributed by atoms with Crippen molar-refractivity contribution in [1.29, 1.82) is 0 Å². The molecule has 0 unspecified atom stereocenters. The Morgan fingerprint density at radius 3 is 2.58 bits per heavy atom. The summed E-state index contributed by atoms with van der Waals surface area (Å²) in [5.74, 6) is -0.0967. The van der Waals surface area contributed by atoms with E-state index in [2.05, 4.69) is 44.4 Å². The van der Waals surface area contributed by atoms with Crippen LogP contribution >= 0.6 is 15.9 Å². The lowest BCUT2D eigenvalue weighted by molar-refractivity contribution is -0.114. The van der Waals surface area contributed by atoms with E-state index in [1.807, 2.05) is 53.1 Å². The van der Waals surface area contributed by atoms with Crippen LogP contribution in [0.2, 0.25) is 0 Å². The molecule has 0 fully saturated rings. The maximum Gasteiger partial charge on any atom is 0.221 e. The molecule has 1 N–H and O–H groups in total. The van der Waals surface area contributed by atoms with Crippen molar-refractivity contribution in [3.05, 3.63) is 77.5 Å². The van der Waals surface area contributed by atoms with E-state index < -0.39 is 0 Å². The lowest BCUT2D eigenvalue weighted by Crippen LogP contribution is -2.06. The molecular weight excluding hydrogens is 390 g/mol. The molecule has 3 aromatic carbocycles. The molecule has 0 spiro atoms. The van der Waals surface area contributed by atoms with Crippen LogP contribution in [0, 0.1) is 0 Å². The van der Waals surface area contributed by atoms with Crippen molar-refractivity contribution in [1.82, 2.24) is 9.55 Å². The van der Waals surface area contributed by atoms with Crippen LogP contribution in [0.3, 0.4) is 0 Å². The Kier molecular flexibility index (Phi) is 4.31. The van der Waals surface area contributed by atoms with Gasteiger partial charge >= 0.3 is 0 Å². The Morgan fingerprint density at radius 2 is 1.81 bits per heavy atom. The molecule has 0 aliphatic rings. The highest BCUT2D eigenvalue weighted by molar-refractivity contribution is 9.10. The zero-order chi connectivity index (χ0) is 18.1. The van der Waals surface area contributed by atoms with Crippen molar-refractivity contribution in [2.75, 3.05) is 5.32 Å². The van der Waals surface area contributed by atoms with Gasteiger partial charge in [-0.3, -0.25) is 9.36 Å². The first-order valence-electron chi connectivity index (χ1n) is 8.21. The van der Waals surface area contributed by atoms with Crippen molar-refractivity contribution in [3.8, 4) is 16.8 Å². The summed E-state index contributed by atoms with van der Waals surface area (Å²) in [5.41, 5.74) is 5.74. The standard InChI is InChI=1S/C21H16BrN3O/c1-14(26)24-18-9-16(15-5-3-2-4-6-15)10-19(12-18)25-13-23-20-11-17(22)7-8-21(20)25/h2-13H,1H3,(H,24,26). The number of imidazole rings is 1. The van der Waals surface area contributed by atoms with Crippen LogP contribution in [0.15, 0.2) is 77.5 Å². The summed E-state index contributed by atoms with van der Waals surface area (Å²) in [6.45, 7) is 1.51. The largest absolute Gasteiger partial charge is 0.326 e. The van der Waals surface area contributed by atoms with Crippen LogP contribution < -0.4 is 5.32 Å². The van der Waals surface area contributed by atoms with Gasteiger partial charge in [-0.15, -0.1) is 0 Å². The second kappa shape index (κ2) is 6.77. The second-order valence-electron chi connectivity index (χ2n) is 6.06. The maximum atomic E-state index is 11.6. The van der Waals surface area contributed by atoms with Gasteiger partial charge in [0.25, 0.3) is 0 Å². The molecule has 4 aromatic rings. The molecule has 0 aliphatic heterocycles. The van der Waals surface area contributed by atoms with Gasteiger partial charge in [0, 0.05) is 22.8 Å². The minimum absolute atomic E-state index is 0.0967. The average Bonchev–Trinajstić information content (AvgIpc) is 3.04. The number of benzene rings is 3. The molecule has 0 saturated carbocycles. The van der Waals surface area contributed by atoms with Gasteiger partial charge in [-0.05, 0) is 47.5 Å². The SMILES string of the molecule is CC(=O)Nc1cc(-c2ccccc2)cc(-n2cnc3cc(Br)ccc32)c1. The third kappa shape index (κ3) is 3.26. The zero-order valence-corrected chi connectivity index (χ0v) is 15.7. The number of hydrogen-bond donors (Lipinski definition) is 1. The van der Waals surface area contributed by atoms with Crippen LogP contribution in [0.4, 0.5) is 5.69 Å². The molecule has 4 nitrogen and oxygen atoms in total. The molecule has 5 heteroatoms. The molecule has 0 atom stereocenters. The van der Waals surface area contributed by atoms with E-state index in [0.717, 1.165) is 38.0 Å². The van der Waals surface area contributed by atoms with Gasteiger partial charge in [-0.1, -0.05) is 46.3 Å². The quantitative estimate of drug-likeness (QED) is 0.494. The number of carbonyl (C=O) groups excluding carboxylic acids is 1. The van der Waals surface area contributed by atoms with Crippen LogP contribution in [0.5, 0.6) is 0 Å². The smallest absolute Gasteiger partial charge is 0.221 e. The summed E-state index contributed by atoms with van der Waals surface area (Å²) in [5, 5.41) is 2.89. The van der Waals surface area contributed by atoms with Crippen LogP contribution in [-0.4, -0.2) is 15.5 Å².